The highest BCUT2D eigenvalue weighted by molar-refractivity contribution is 5.36. The molecular weight excluding hydrogens is 180 g/mol. The molecule has 0 unspecified atom stereocenters. The zero-order chi connectivity index (χ0) is 10.2. The first-order valence-electron chi connectivity index (χ1n) is 4.69. The Bertz CT molecular complexity index is 333. The Labute approximate surface area is 83.3 Å². The summed E-state index contributed by atoms with van der Waals surface area (Å²) in [6, 6.07) is 7.62. The highest BCUT2D eigenvalue weighted by Gasteiger charge is 2.33. The van der Waals surface area contributed by atoms with Crippen molar-refractivity contribution in [1.29, 1.82) is 0 Å². The van der Waals surface area contributed by atoms with E-state index in [1.165, 1.54) is 0 Å². The highest BCUT2D eigenvalue weighted by atomic mass is 16.7. The molecule has 14 heavy (non-hydrogen) atoms. The lowest BCUT2D eigenvalue weighted by Gasteiger charge is -2.37. The normalized spacial score (nSPS) is 23.8. The van der Waals surface area contributed by atoms with Gasteiger partial charge in [-0.05, 0) is 6.07 Å². The number of aliphatic hydroxyl groups is 1. The van der Waals surface area contributed by atoms with Gasteiger partial charge in [-0.15, -0.1) is 0 Å². The molecule has 1 N–H and O–H groups in total. The van der Waals surface area contributed by atoms with Crippen LogP contribution in [0.15, 0.2) is 24.3 Å². The summed E-state index contributed by atoms with van der Waals surface area (Å²) in [7, 11) is 0. The number of para-hydroxylation sites is 1. The van der Waals surface area contributed by atoms with E-state index in [9.17, 15) is 5.11 Å². The maximum atomic E-state index is 9.19. The van der Waals surface area contributed by atoms with Crippen LogP contribution in [-0.4, -0.2) is 17.5 Å². The van der Waals surface area contributed by atoms with Crippen LogP contribution in [0.2, 0.25) is 0 Å². The molecule has 0 aliphatic carbocycles. The summed E-state index contributed by atoms with van der Waals surface area (Å²) < 4.78 is 11.2. The van der Waals surface area contributed by atoms with Crippen LogP contribution in [0.25, 0.3) is 0 Å². The van der Waals surface area contributed by atoms with E-state index < -0.39 is 5.79 Å². The molecule has 1 aromatic carbocycles. The maximum absolute atomic E-state index is 9.19. The van der Waals surface area contributed by atoms with Crippen molar-refractivity contribution in [3.05, 3.63) is 29.8 Å². The zero-order valence-electron chi connectivity index (χ0n) is 8.36. The third-order valence-electron chi connectivity index (χ3n) is 2.21. The van der Waals surface area contributed by atoms with Crippen LogP contribution < -0.4 is 4.74 Å². The molecule has 1 aromatic rings. The number of fused-ring (bicyclic) bond motifs is 1. The number of benzene rings is 1. The standard InChI is InChI=1S/C11H14O3/c1-11(2)13-9-6-4-3-5-8(9)10(7-12)14-11/h3-6,10,12H,7H2,1-2H3/t10-/m0/s1. The van der Waals surface area contributed by atoms with Crippen LogP contribution in [0.1, 0.15) is 25.5 Å². The lowest BCUT2D eigenvalue weighted by atomic mass is 10.1. The fourth-order valence-electron chi connectivity index (χ4n) is 1.67. The van der Waals surface area contributed by atoms with Gasteiger partial charge in [0.2, 0.25) is 5.79 Å². The third-order valence-corrected chi connectivity index (χ3v) is 2.21. The summed E-state index contributed by atoms with van der Waals surface area (Å²) in [6.07, 6.45) is -0.282. The van der Waals surface area contributed by atoms with Crippen molar-refractivity contribution in [2.24, 2.45) is 0 Å². The molecule has 0 aromatic heterocycles. The average Bonchev–Trinajstić information content (AvgIpc) is 2.15. The summed E-state index contributed by atoms with van der Waals surface area (Å²) in [5, 5.41) is 9.19. The smallest absolute Gasteiger partial charge is 0.205 e. The predicted octanol–water partition coefficient (Wildman–Crippen LogP) is 1.87. The van der Waals surface area contributed by atoms with Gasteiger partial charge in [-0.25, -0.2) is 0 Å². The molecule has 1 aliphatic heterocycles. The van der Waals surface area contributed by atoms with Crippen molar-refractivity contribution >= 4 is 0 Å². The maximum Gasteiger partial charge on any atom is 0.205 e. The van der Waals surface area contributed by atoms with Gasteiger partial charge < -0.3 is 14.6 Å². The minimum absolute atomic E-state index is 0.0240. The first kappa shape index (κ1) is 9.49. The van der Waals surface area contributed by atoms with Crippen molar-refractivity contribution in [2.45, 2.75) is 25.7 Å². The van der Waals surface area contributed by atoms with E-state index in [0.717, 1.165) is 11.3 Å². The largest absolute Gasteiger partial charge is 0.463 e. The Kier molecular flexibility index (Phi) is 2.21. The van der Waals surface area contributed by atoms with Gasteiger partial charge in [-0.2, -0.15) is 0 Å². The number of hydrogen-bond donors (Lipinski definition) is 1. The van der Waals surface area contributed by atoms with Gasteiger partial charge in [0.1, 0.15) is 11.9 Å². The van der Waals surface area contributed by atoms with Gasteiger partial charge in [-0.1, -0.05) is 18.2 Å². The molecule has 3 heteroatoms. The summed E-state index contributed by atoms with van der Waals surface area (Å²) in [5.41, 5.74) is 0.911. The Morgan fingerprint density at radius 1 is 1.36 bits per heavy atom. The Hall–Kier alpha value is -1.06. The molecule has 0 fully saturated rings. The fourth-order valence-corrected chi connectivity index (χ4v) is 1.67. The Balaban J connectivity index is 2.41. The first-order valence-corrected chi connectivity index (χ1v) is 4.69. The van der Waals surface area contributed by atoms with Gasteiger partial charge in [0, 0.05) is 19.4 Å². The van der Waals surface area contributed by atoms with Crippen LogP contribution in [0.3, 0.4) is 0 Å². The van der Waals surface area contributed by atoms with Crippen molar-refractivity contribution in [3.8, 4) is 5.75 Å². The van der Waals surface area contributed by atoms with E-state index in [2.05, 4.69) is 0 Å². The van der Waals surface area contributed by atoms with Crippen LogP contribution in [0.5, 0.6) is 5.75 Å². The Morgan fingerprint density at radius 2 is 2.07 bits per heavy atom. The molecule has 0 radical (unpaired) electrons. The zero-order valence-corrected chi connectivity index (χ0v) is 8.36. The van der Waals surface area contributed by atoms with Gasteiger partial charge in [0.15, 0.2) is 0 Å². The van der Waals surface area contributed by atoms with E-state index >= 15 is 0 Å². The predicted molar refractivity (Wildman–Crippen MR) is 52.1 cm³/mol. The second-order valence-electron chi connectivity index (χ2n) is 3.83. The first-order chi connectivity index (χ1) is 6.62. The van der Waals surface area contributed by atoms with E-state index in [1.807, 2.05) is 38.1 Å². The van der Waals surface area contributed by atoms with E-state index in [0.29, 0.717) is 0 Å². The number of hydrogen-bond acceptors (Lipinski definition) is 3. The van der Waals surface area contributed by atoms with E-state index in [-0.39, 0.29) is 12.7 Å². The summed E-state index contributed by atoms with van der Waals surface area (Å²) in [6.45, 7) is 3.65. The monoisotopic (exact) mass is 194 g/mol. The number of ether oxygens (including phenoxy) is 2. The van der Waals surface area contributed by atoms with Gasteiger partial charge in [0.05, 0.1) is 6.61 Å². The Morgan fingerprint density at radius 3 is 2.79 bits per heavy atom. The lowest BCUT2D eigenvalue weighted by molar-refractivity contribution is -0.214. The third kappa shape index (κ3) is 1.61. The summed E-state index contributed by atoms with van der Waals surface area (Å²) in [4.78, 5) is 0. The molecule has 0 spiro atoms. The molecule has 0 saturated carbocycles. The molecule has 76 valence electrons. The van der Waals surface area contributed by atoms with Crippen LogP contribution in [-0.2, 0) is 4.74 Å². The fraction of sp³-hybridized carbons (Fsp3) is 0.455. The molecule has 0 saturated heterocycles. The molecule has 1 heterocycles. The molecule has 2 rings (SSSR count). The topological polar surface area (TPSA) is 38.7 Å². The minimum atomic E-state index is -0.665. The number of rotatable bonds is 1. The van der Waals surface area contributed by atoms with E-state index in [4.69, 9.17) is 9.47 Å². The van der Waals surface area contributed by atoms with Gasteiger partial charge >= 0.3 is 0 Å². The molecule has 0 bridgehead atoms. The molecular formula is C11H14O3. The molecule has 0 amide bonds. The van der Waals surface area contributed by atoms with Crippen molar-refractivity contribution < 1.29 is 14.6 Å². The molecule has 1 atom stereocenters. The summed E-state index contributed by atoms with van der Waals surface area (Å²) >= 11 is 0. The molecule has 3 nitrogen and oxygen atoms in total. The lowest BCUT2D eigenvalue weighted by Crippen LogP contribution is -2.38. The average molecular weight is 194 g/mol. The van der Waals surface area contributed by atoms with Gasteiger partial charge in [0.25, 0.3) is 0 Å². The van der Waals surface area contributed by atoms with Crippen molar-refractivity contribution in [3.63, 3.8) is 0 Å². The highest BCUT2D eigenvalue weighted by Crippen LogP contribution is 2.37. The minimum Gasteiger partial charge on any atom is -0.463 e. The second kappa shape index (κ2) is 3.26. The van der Waals surface area contributed by atoms with Crippen LogP contribution in [0, 0.1) is 0 Å². The van der Waals surface area contributed by atoms with E-state index in [1.54, 1.807) is 0 Å². The van der Waals surface area contributed by atoms with Crippen molar-refractivity contribution in [1.82, 2.24) is 0 Å². The number of aliphatic hydroxyl groups excluding tert-OH is 1. The quantitative estimate of drug-likeness (QED) is 0.741. The van der Waals surface area contributed by atoms with Gasteiger partial charge in [-0.3, -0.25) is 0 Å². The second-order valence-corrected chi connectivity index (χ2v) is 3.83. The van der Waals surface area contributed by atoms with Crippen molar-refractivity contribution in [2.75, 3.05) is 6.61 Å². The SMILES string of the molecule is CC1(C)Oc2ccccc2[C@H](CO)O1. The molecule has 1 aliphatic rings. The summed E-state index contributed by atoms with van der Waals surface area (Å²) in [5.74, 6) is 0.129. The van der Waals surface area contributed by atoms with Crippen LogP contribution >= 0.6 is 0 Å². The van der Waals surface area contributed by atoms with Crippen LogP contribution in [0.4, 0.5) is 0 Å².